The number of hydrogen-bond donors (Lipinski definition) is 0. The number of hydrogen-bond acceptors (Lipinski definition) is 4. The molecule has 1 fully saturated rings. The van der Waals surface area contributed by atoms with Gasteiger partial charge in [0.05, 0.1) is 4.90 Å². The second-order valence-corrected chi connectivity index (χ2v) is 9.90. The first-order valence-corrected chi connectivity index (χ1v) is 11.9. The summed E-state index contributed by atoms with van der Waals surface area (Å²) < 4.78 is 27.2. The van der Waals surface area contributed by atoms with E-state index in [0.29, 0.717) is 31.0 Å². The molecule has 2 aliphatic heterocycles. The summed E-state index contributed by atoms with van der Waals surface area (Å²) in [7, 11) is -3.42. The molecular weight excluding hydrogens is 380 g/mol. The molecule has 1 saturated heterocycles. The Morgan fingerprint density at radius 1 is 1.07 bits per heavy atom. The average molecular weight is 405 g/mol. The minimum Gasteiger partial charge on any atom is -0.312 e. The van der Waals surface area contributed by atoms with Crippen molar-refractivity contribution in [2.45, 2.75) is 43.4 Å². The number of thiophene rings is 1. The molecule has 0 saturated carbocycles. The Kier molecular flexibility index (Phi) is 5.34. The molecule has 0 aliphatic carbocycles. The fraction of sp³-hybridized carbons (Fsp3) is 0.450. The van der Waals surface area contributed by atoms with Crippen molar-refractivity contribution in [3.05, 3.63) is 46.2 Å². The highest BCUT2D eigenvalue weighted by Crippen LogP contribution is 2.31. The lowest BCUT2D eigenvalue weighted by atomic mass is 10.0. The van der Waals surface area contributed by atoms with Crippen LogP contribution in [0.15, 0.2) is 39.9 Å². The lowest BCUT2D eigenvalue weighted by Gasteiger charge is -2.30. The van der Waals surface area contributed by atoms with E-state index in [0.717, 1.165) is 43.4 Å². The zero-order valence-electron chi connectivity index (χ0n) is 15.3. The third-order valence-electron chi connectivity index (χ3n) is 5.38. The highest BCUT2D eigenvalue weighted by molar-refractivity contribution is 7.89. The van der Waals surface area contributed by atoms with Crippen molar-refractivity contribution in [1.29, 1.82) is 0 Å². The standard InChI is InChI=1S/C20H24N2O3S2/c23-20(8-5-16-9-13-26-15-16)22-12-3-4-17-14-18(6-7-19(17)22)27(24,25)21-10-1-2-11-21/h6-7,9,13-15H,1-5,8,10-12H2. The van der Waals surface area contributed by atoms with Gasteiger partial charge in [0, 0.05) is 31.7 Å². The predicted octanol–water partition coefficient (Wildman–Crippen LogP) is 3.44. The minimum atomic E-state index is -3.42. The van der Waals surface area contributed by atoms with Gasteiger partial charge in [-0.15, -0.1) is 0 Å². The lowest BCUT2D eigenvalue weighted by molar-refractivity contribution is -0.118. The molecule has 1 aromatic heterocycles. The van der Waals surface area contributed by atoms with Gasteiger partial charge in [0.1, 0.15) is 0 Å². The van der Waals surface area contributed by atoms with Gasteiger partial charge in [-0.05, 0) is 78.3 Å². The summed E-state index contributed by atoms with van der Waals surface area (Å²) in [4.78, 5) is 14.9. The Balaban J connectivity index is 1.53. The van der Waals surface area contributed by atoms with Crippen LogP contribution in [0.2, 0.25) is 0 Å². The van der Waals surface area contributed by atoms with Gasteiger partial charge in [-0.2, -0.15) is 15.6 Å². The Morgan fingerprint density at radius 3 is 2.63 bits per heavy atom. The Hall–Kier alpha value is -1.70. The van der Waals surface area contributed by atoms with Crippen molar-refractivity contribution in [3.63, 3.8) is 0 Å². The van der Waals surface area contributed by atoms with Gasteiger partial charge in [-0.25, -0.2) is 8.42 Å². The number of anilines is 1. The smallest absolute Gasteiger partial charge is 0.243 e. The summed E-state index contributed by atoms with van der Waals surface area (Å²) in [5.41, 5.74) is 3.03. The van der Waals surface area contributed by atoms with Crippen LogP contribution in [0.5, 0.6) is 0 Å². The Bertz CT molecular complexity index is 917. The third-order valence-corrected chi connectivity index (χ3v) is 8.01. The summed E-state index contributed by atoms with van der Waals surface area (Å²) in [5, 5.41) is 4.10. The van der Waals surface area contributed by atoms with E-state index in [4.69, 9.17) is 0 Å². The number of fused-ring (bicyclic) bond motifs is 1. The molecule has 0 unspecified atom stereocenters. The van der Waals surface area contributed by atoms with Crippen LogP contribution in [-0.4, -0.2) is 38.3 Å². The largest absolute Gasteiger partial charge is 0.312 e. The maximum atomic E-state index is 12.8. The van der Waals surface area contributed by atoms with Gasteiger partial charge in [0.25, 0.3) is 0 Å². The van der Waals surface area contributed by atoms with Crippen LogP contribution >= 0.6 is 11.3 Å². The molecule has 0 bridgehead atoms. The number of carbonyl (C=O) groups excluding carboxylic acids is 1. The topological polar surface area (TPSA) is 57.7 Å². The van der Waals surface area contributed by atoms with Gasteiger partial charge in [-0.1, -0.05) is 0 Å². The van der Waals surface area contributed by atoms with Crippen molar-refractivity contribution < 1.29 is 13.2 Å². The van der Waals surface area contributed by atoms with Crippen molar-refractivity contribution in [3.8, 4) is 0 Å². The number of benzene rings is 1. The number of sulfonamides is 1. The number of rotatable bonds is 5. The van der Waals surface area contributed by atoms with Crippen molar-refractivity contribution in [2.24, 2.45) is 0 Å². The van der Waals surface area contributed by atoms with Crippen LogP contribution in [0.3, 0.4) is 0 Å². The summed E-state index contributed by atoms with van der Waals surface area (Å²) in [6.45, 7) is 1.91. The molecule has 7 heteroatoms. The van der Waals surface area contributed by atoms with Crippen LogP contribution in [-0.2, 0) is 27.7 Å². The SMILES string of the molecule is O=C(CCc1ccsc1)N1CCCc2cc(S(=O)(=O)N3CCCC3)ccc21. The monoisotopic (exact) mass is 404 g/mol. The average Bonchev–Trinajstić information content (AvgIpc) is 3.39. The van der Waals surface area contributed by atoms with Crippen molar-refractivity contribution >= 4 is 33.0 Å². The van der Waals surface area contributed by atoms with Crippen molar-refractivity contribution in [2.75, 3.05) is 24.5 Å². The molecule has 4 rings (SSSR count). The van der Waals surface area contributed by atoms with Crippen LogP contribution in [0, 0.1) is 0 Å². The third kappa shape index (κ3) is 3.81. The highest BCUT2D eigenvalue weighted by Gasteiger charge is 2.29. The maximum absolute atomic E-state index is 12.8. The number of nitrogens with zero attached hydrogens (tertiary/aromatic N) is 2. The number of aryl methyl sites for hydroxylation is 2. The van der Waals surface area contributed by atoms with Crippen LogP contribution < -0.4 is 4.90 Å². The van der Waals surface area contributed by atoms with E-state index in [1.807, 2.05) is 16.3 Å². The van der Waals surface area contributed by atoms with Gasteiger partial charge in [-0.3, -0.25) is 4.79 Å². The molecular formula is C20H24N2O3S2. The Labute approximate surface area is 164 Å². The second-order valence-electron chi connectivity index (χ2n) is 7.18. The van der Waals surface area contributed by atoms with Gasteiger partial charge in [0.2, 0.25) is 15.9 Å². The fourth-order valence-corrected chi connectivity index (χ4v) is 6.16. The zero-order valence-corrected chi connectivity index (χ0v) is 16.9. The molecule has 0 radical (unpaired) electrons. The molecule has 0 atom stereocenters. The lowest BCUT2D eigenvalue weighted by Crippen LogP contribution is -2.36. The molecule has 5 nitrogen and oxygen atoms in total. The molecule has 2 aromatic rings. The predicted molar refractivity (Wildman–Crippen MR) is 108 cm³/mol. The van der Waals surface area contributed by atoms with Gasteiger partial charge < -0.3 is 4.90 Å². The van der Waals surface area contributed by atoms with Gasteiger partial charge >= 0.3 is 0 Å². The summed E-state index contributed by atoms with van der Waals surface area (Å²) in [6, 6.07) is 7.32. The van der Waals surface area contributed by atoms with E-state index in [-0.39, 0.29) is 5.91 Å². The molecule has 27 heavy (non-hydrogen) atoms. The first-order valence-electron chi connectivity index (χ1n) is 9.50. The van der Waals surface area contributed by atoms with Crippen LogP contribution in [0.4, 0.5) is 5.69 Å². The Morgan fingerprint density at radius 2 is 1.89 bits per heavy atom. The summed E-state index contributed by atoms with van der Waals surface area (Å²) >= 11 is 1.64. The molecule has 3 heterocycles. The first kappa shape index (κ1) is 18.7. The van der Waals surface area contributed by atoms with E-state index in [9.17, 15) is 13.2 Å². The highest BCUT2D eigenvalue weighted by atomic mass is 32.2. The summed E-state index contributed by atoms with van der Waals surface area (Å²) in [5.74, 6) is 0.109. The first-order chi connectivity index (χ1) is 13.1. The second kappa shape index (κ2) is 7.73. The maximum Gasteiger partial charge on any atom is 0.243 e. The molecule has 144 valence electrons. The number of amides is 1. The molecule has 2 aliphatic rings. The fourth-order valence-electron chi connectivity index (χ4n) is 3.89. The number of carbonyl (C=O) groups is 1. The van der Waals surface area contributed by atoms with Crippen LogP contribution in [0.25, 0.3) is 0 Å². The summed E-state index contributed by atoms with van der Waals surface area (Å²) in [6.07, 6.45) is 4.75. The molecule has 0 N–H and O–H groups in total. The van der Waals surface area contributed by atoms with E-state index in [1.165, 1.54) is 5.56 Å². The van der Waals surface area contributed by atoms with Crippen LogP contribution in [0.1, 0.15) is 36.8 Å². The molecule has 1 aromatic carbocycles. The van der Waals surface area contributed by atoms with E-state index < -0.39 is 10.0 Å². The minimum absolute atomic E-state index is 0.109. The molecule has 0 spiro atoms. The zero-order chi connectivity index (χ0) is 18.9. The quantitative estimate of drug-likeness (QED) is 0.767. The van der Waals surface area contributed by atoms with E-state index in [2.05, 4.69) is 11.4 Å². The molecule has 1 amide bonds. The van der Waals surface area contributed by atoms with Crippen molar-refractivity contribution in [1.82, 2.24) is 4.31 Å². The normalized spacial score (nSPS) is 17.9. The van der Waals surface area contributed by atoms with Gasteiger partial charge in [0.15, 0.2) is 0 Å². The van der Waals surface area contributed by atoms with E-state index in [1.54, 1.807) is 27.8 Å². The van der Waals surface area contributed by atoms with E-state index >= 15 is 0 Å².